The zero-order valence-corrected chi connectivity index (χ0v) is 15.0. The number of hydrogen-bond acceptors (Lipinski definition) is 3. The Morgan fingerprint density at radius 1 is 1.24 bits per heavy atom. The monoisotopic (exact) mass is 338 g/mol. The lowest BCUT2D eigenvalue weighted by Crippen LogP contribution is -2.38. The summed E-state index contributed by atoms with van der Waals surface area (Å²) in [6.07, 6.45) is 3.25. The van der Waals surface area contributed by atoms with Gasteiger partial charge in [0.05, 0.1) is 19.7 Å². The molecule has 0 saturated carbocycles. The standard InChI is InChI=1S/C21H26N2O2/c1-23(14-16-7-5-10-18(13-16)25-2)15-21(24)22-20-12-6-9-17-8-3-4-11-19(17)20/h3-5,7-8,10-11,13,20H,6,9,12,14-15H2,1-2H3,(H,22,24)/t20-/m1/s1. The van der Waals surface area contributed by atoms with Crippen molar-refractivity contribution in [3.8, 4) is 5.75 Å². The molecular formula is C21H26N2O2. The Morgan fingerprint density at radius 3 is 2.92 bits per heavy atom. The third-order valence-corrected chi connectivity index (χ3v) is 4.70. The van der Waals surface area contributed by atoms with Crippen LogP contribution in [0, 0.1) is 0 Å². The summed E-state index contributed by atoms with van der Waals surface area (Å²) in [5.74, 6) is 0.918. The third kappa shape index (κ3) is 4.60. The predicted octanol–water partition coefficient (Wildman–Crippen LogP) is 3.32. The molecule has 0 radical (unpaired) electrons. The van der Waals surface area contributed by atoms with E-state index < -0.39 is 0 Å². The van der Waals surface area contributed by atoms with Crippen molar-refractivity contribution in [1.82, 2.24) is 10.2 Å². The molecule has 25 heavy (non-hydrogen) atoms. The molecular weight excluding hydrogens is 312 g/mol. The van der Waals surface area contributed by atoms with Crippen LogP contribution < -0.4 is 10.1 Å². The van der Waals surface area contributed by atoms with Gasteiger partial charge in [0.25, 0.3) is 0 Å². The van der Waals surface area contributed by atoms with Crippen molar-refractivity contribution in [2.75, 3.05) is 20.7 Å². The molecule has 1 aliphatic carbocycles. The molecule has 1 atom stereocenters. The number of likely N-dealkylation sites (N-methyl/N-ethyl adjacent to an activating group) is 1. The van der Waals surface area contributed by atoms with E-state index in [-0.39, 0.29) is 11.9 Å². The highest BCUT2D eigenvalue weighted by atomic mass is 16.5. The quantitative estimate of drug-likeness (QED) is 0.878. The summed E-state index contributed by atoms with van der Waals surface area (Å²) in [6.45, 7) is 1.10. The molecule has 0 heterocycles. The summed E-state index contributed by atoms with van der Waals surface area (Å²) in [6, 6.07) is 16.5. The summed E-state index contributed by atoms with van der Waals surface area (Å²) in [7, 11) is 3.63. The molecule has 0 aromatic heterocycles. The first-order chi connectivity index (χ1) is 12.2. The van der Waals surface area contributed by atoms with Gasteiger partial charge in [-0.1, -0.05) is 36.4 Å². The van der Waals surface area contributed by atoms with E-state index in [1.165, 1.54) is 11.1 Å². The number of nitrogens with zero attached hydrogens (tertiary/aromatic N) is 1. The summed E-state index contributed by atoms with van der Waals surface area (Å²) in [5, 5.41) is 3.21. The van der Waals surface area contributed by atoms with Gasteiger partial charge in [-0.3, -0.25) is 9.69 Å². The molecule has 4 nitrogen and oxygen atoms in total. The zero-order valence-electron chi connectivity index (χ0n) is 15.0. The molecule has 0 fully saturated rings. The Balaban J connectivity index is 1.56. The number of amides is 1. The second-order valence-electron chi connectivity index (χ2n) is 6.73. The zero-order chi connectivity index (χ0) is 17.6. The van der Waals surface area contributed by atoms with Crippen LogP contribution in [-0.4, -0.2) is 31.5 Å². The number of nitrogens with one attached hydrogen (secondary N) is 1. The van der Waals surface area contributed by atoms with E-state index in [1.54, 1.807) is 7.11 Å². The molecule has 2 aromatic rings. The molecule has 0 spiro atoms. The first-order valence-corrected chi connectivity index (χ1v) is 8.84. The van der Waals surface area contributed by atoms with Crippen LogP contribution >= 0.6 is 0 Å². The molecule has 4 heteroatoms. The van der Waals surface area contributed by atoms with E-state index in [9.17, 15) is 4.79 Å². The third-order valence-electron chi connectivity index (χ3n) is 4.70. The number of fused-ring (bicyclic) bond motifs is 1. The molecule has 1 aliphatic rings. The van der Waals surface area contributed by atoms with Crippen LogP contribution in [0.15, 0.2) is 48.5 Å². The number of carbonyl (C=O) groups is 1. The molecule has 0 bridgehead atoms. The predicted molar refractivity (Wildman–Crippen MR) is 99.6 cm³/mol. The maximum atomic E-state index is 12.5. The minimum Gasteiger partial charge on any atom is -0.497 e. The van der Waals surface area contributed by atoms with Crippen LogP contribution in [0.4, 0.5) is 0 Å². The second-order valence-corrected chi connectivity index (χ2v) is 6.73. The van der Waals surface area contributed by atoms with E-state index >= 15 is 0 Å². The van der Waals surface area contributed by atoms with Crippen molar-refractivity contribution in [2.24, 2.45) is 0 Å². The van der Waals surface area contributed by atoms with E-state index in [2.05, 4.69) is 29.6 Å². The van der Waals surface area contributed by atoms with Gasteiger partial charge in [0.15, 0.2) is 0 Å². The molecule has 0 saturated heterocycles. The number of rotatable bonds is 6. The Hall–Kier alpha value is -2.33. The first-order valence-electron chi connectivity index (χ1n) is 8.84. The van der Waals surface area contributed by atoms with E-state index in [4.69, 9.17) is 4.74 Å². The number of carbonyl (C=O) groups excluding carboxylic acids is 1. The van der Waals surface area contributed by atoms with Crippen molar-refractivity contribution in [2.45, 2.75) is 31.8 Å². The first kappa shape index (κ1) is 17.5. The average Bonchev–Trinajstić information content (AvgIpc) is 2.62. The van der Waals surface area contributed by atoms with Crippen molar-refractivity contribution >= 4 is 5.91 Å². The minimum absolute atomic E-state index is 0.0760. The van der Waals surface area contributed by atoms with Crippen LogP contribution in [-0.2, 0) is 17.8 Å². The van der Waals surface area contributed by atoms with Gasteiger partial charge in [-0.15, -0.1) is 0 Å². The fourth-order valence-electron chi connectivity index (χ4n) is 3.53. The number of ether oxygens (including phenoxy) is 1. The Bertz CT molecular complexity index is 729. The second kappa shape index (κ2) is 8.17. The average molecular weight is 338 g/mol. The van der Waals surface area contributed by atoms with Gasteiger partial charge >= 0.3 is 0 Å². The van der Waals surface area contributed by atoms with Crippen molar-refractivity contribution in [1.29, 1.82) is 0 Å². The Morgan fingerprint density at radius 2 is 2.08 bits per heavy atom. The van der Waals surface area contributed by atoms with Gasteiger partial charge in [0, 0.05) is 6.54 Å². The van der Waals surface area contributed by atoms with E-state index in [0.717, 1.165) is 30.6 Å². The van der Waals surface area contributed by atoms with Crippen LogP contribution in [0.25, 0.3) is 0 Å². The van der Waals surface area contributed by atoms with Crippen LogP contribution in [0.1, 0.15) is 35.6 Å². The maximum Gasteiger partial charge on any atom is 0.234 e. The summed E-state index contributed by atoms with van der Waals surface area (Å²) in [4.78, 5) is 14.5. The molecule has 2 aromatic carbocycles. The summed E-state index contributed by atoms with van der Waals surface area (Å²) < 4.78 is 5.25. The smallest absolute Gasteiger partial charge is 0.234 e. The summed E-state index contributed by atoms with van der Waals surface area (Å²) >= 11 is 0. The van der Waals surface area contributed by atoms with Gasteiger partial charge < -0.3 is 10.1 Å². The van der Waals surface area contributed by atoms with Gasteiger partial charge in [0.2, 0.25) is 5.91 Å². The highest BCUT2D eigenvalue weighted by Gasteiger charge is 2.21. The molecule has 1 N–H and O–H groups in total. The SMILES string of the molecule is COc1cccc(CN(C)CC(=O)N[C@@H]2CCCc3ccccc32)c1. The lowest BCUT2D eigenvalue weighted by molar-refractivity contribution is -0.122. The molecule has 132 valence electrons. The van der Waals surface area contributed by atoms with Gasteiger partial charge in [-0.2, -0.15) is 0 Å². The highest BCUT2D eigenvalue weighted by Crippen LogP contribution is 2.29. The fraction of sp³-hybridized carbons (Fsp3) is 0.381. The lowest BCUT2D eigenvalue weighted by atomic mass is 9.88. The lowest BCUT2D eigenvalue weighted by Gasteiger charge is -2.27. The van der Waals surface area contributed by atoms with Crippen LogP contribution in [0.3, 0.4) is 0 Å². The van der Waals surface area contributed by atoms with Crippen LogP contribution in [0.2, 0.25) is 0 Å². The number of benzene rings is 2. The van der Waals surface area contributed by atoms with Gasteiger partial charge in [0.1, 0.15) is 5.75 Å². The Kier molecular flexibility index (Phi) is 5.71. The Labute approximate surface area is 149 Å². The highest BCUT2D eigenvalue weighted by molar-refractivity contribution is 5.78. The maximum absolute atomic E-state index is 12.5. The normalized spacial score (nSPS) is 16.4. The summed E-state index contributed by atoms with van der Waals surface area (Å²) in [5.41, 5.74) is 3.78. The number of aryl methyl sites for hydroxylation is 1. The van der Waals surface area contributed by atoms with Gasteiger partial charge in [-0.25, -0.2) is 0 Å². The van der Waals surface area contributed by atoms with Crippen molar-refractivity contribution in [3.05, 3.63) is 65.2 Å². The fourth-order valence-corrected chi connectivity index (χ4v) is 3.53. The van der Waals surface area contributed by atoms with Crippen molar-refractivity contribution in [3.63, 3.8) is 0 Å². The van der Waals surface area contributed by atoms with Gasteiger partial charge in [-0.05, 0) is 55.1 Å². The molecule has 0 unspecified atom stereocenters. The van der Waals surface area contributed by atoms with Crippen molar-refractivity contribution < 1.29 is 9.53 Å². The molecule has 0 aliphatic heterocycles. The molecule has 1 amide bonds. The topological polar surface area (TPSA) is 41.6 Å². The molecule has 3 rings (SSSR count). The number of methoxy groups -OCH3 is 1. The number of hydrogen-bond donors (Lipinski definition) is 1. The van der Waals surface area contributed by atoms with E-state index in [0.29, 0.717) is 13.1 Å². The van der Waals surface area contributed by atoms with E-state index in [1.807, 2.05) is 36.2 Å². The van der Waals surface area contributed by atoms with Crippen LogP contribution in [0.5, 0.6) is 5.75 Å². The largest absolute Gasteiger partial charge is 0.497 e. The minimum atomic E-state index is 0.0760.